The van der Waals surface area contributed by atoms with E-state index in [4.69, 9.17) is 10.7 Å². The second-order valence-electron chi connectivity index (χ2n) is 5.83. The van der Waals surface area contributed by atoms with Crippen LogP contribution in [0.2, 0.25) is 0 Å². The minimum Gasteiger partial charge on any atom is -0.346 e. The van der Waals surface area contributed by atoms with E-state index in [1.807, 2.05) is 11.3 Å². The molecule has 106 valence electrons. The summed E-state index contributed by atoms with van der Waals surface area (Å²) in [4.78, 5) is 11.3. The summed E-state index contributed by atoms with van der Waals surface area (Å²) >= 11 is 1.93. The molecule has 1 atom stereocenters. The monoisotopic (exact) mass is 280 g/mol. The molecule has 2 N–H and O–H groups in total. The van der Waals surface area contributed by atoms with E-state index < -0.39 is 0 Å². The lowest BCUT2D eigenvalue weighted by atomic mass is 9.93. The number of fused-ring (bicyclic) bond motifs is 1. The largest absolute Gasteiger partial charge is 0.346 e. The summed E-state index contributed by atoms with van der Waals surface area (Å²) in [6, 6.07) is 0. The maximum absolute atomic E-state index is 5.62. The van der Waals surface area contributed by atoms with E-state index in [1.54, 1.807) is 0 Å². The number of nitrogens with zero attached hydrogens (tertiary/aromatic N) is 3. The molecule has 1 aliphatic heterocycles. The van der Waals surface area contributed by atoms with E-state index in [0.717, 1.165) is 45.2 Å². The fourth-order valence-corrected chi connectivity index (χ4v) is 4.33. The van der Waals surface area contributed by atoms with E-state index in [2.05, 4.69) is 16.7 Å². The molecule has 1 fully saturated rings. The molecule has 1 unspecified atom stereocenters. The predicted molar refractivity (Wildman–Crippen MR) is 81.0 cm³/mol. The molecule has 1 aromatic heterocycles. The van der Waals surface area contributed by atoms with Crippen molar-refractivity contribution < 1.29 is 0 Å². The lowest BCUT2D eigenvalue weighted by Crippen LogP contribution is -2.47. The lowest BCUT2D eigenvalue weighted by Gasteiger charge is -2.34. The molecule has 4 nitrogen and oxygen atoms in total. The molecule has 0 spiro atoms. The highest BCUT2D eigenvalue weighted by atomic mass is 32.1. The van der Waals surface area contributed by atoms with E-state index in [9.17, 15) is 0 Å². The van der Waals surface area contributed by atoms with E-state index in [0.29, 0.717) is 0 Å². The van der Waals surface area contributed by atoms with Gasteiger partial charge in [0.05, 0.1) is 5.69 Å². The average molecular weight is 280 g/mol. The maximum Gasteiger partial charge on any atom is 0.185 e. The molecule has 5 heteroatoms. The summed E-state index contributed by atoms with van der Waals surface area (Å²) in [6.07, 6.45) is 3.72. The molecule has 1 aliphatic carbocycles. The molecule has 3 rings (SSSR count). The molecule has 0 bridgehead atoms. The van der Waals surface area contributed by atoms with Gasteiger partial charge in [0.15, 0.2) is 5.13 Å². The smallest absolute Gasteiger partial charge is 0.185 e. The van der Waals surface area contributed by atoms with E-state index in [-0.39, 0.29) is 0 Å². The Hall–Kier alpha value is -0.650. The Balaban J connectivity index is 1.64. The van der Waals surface area contributed by atoms with Crippen LogP contribution in [0.25, 0.3) is 0 Å². The van der Waals surface area contributed by atoms with Crippen molar-refractivity contribution in [2.45, 2.75) is 26.2 Å². The van der Waals surface area contributed by atoms with Crippen molar-refractivity contribution in [3.8, 4) is 0 Å². The molecule has 2 aliphatic rings. The van der Waals surface area contributed by atoms with Gasteiger partial charge >= 0.3 is 0 Å². The zero-order chi connectivity index (χ0) is 13.2. The molecule has 1 saturated heterocycles. The third-order valence-corrected chi connectivity index (χ3v) is 5.44. The highest BCUT2D eigenvalue weighted by Gasteiger charge is 2.24. The molecular formula is C14H24N4S. The second-order valence-corrected chi connectivity index (χ2v) is 6.89. The number of rotatable bonds is 3. The molecule has 0 saturated carbocycles. The van der Waals surface area contributed by atoms with Crippen LogP contribution in [0.15, 0.2) is 0 Å². The Labute approximate surface area is 119 Å². The highest BCUT2D eigenvalue weighted by molar-refractivity contribution is 7.15. The Bertz CT molecular complexity index is 423. The number of piperazine rings is 1. The molecule has 2 heterocycles. The molecule has 0 aromatic carbocycles. The van der Waals surface area contributed by atoms with Crippen LogP contribution in [0.3, 0.4) is 0 Å². The van der Waals surface area contributed by atoms with Gasteiger partial charge in [0, 0.05) is 44.1 Å². The van der Waals surface area contributed by atoms with Crippen LogP contribution in [0.4, 0.5) is 5.13 Å². The van der Waals surface area contributed by atoms with Crippen molar-refractivity contribution in [2.24, 2.45) is 11.7 Å². The lowest BCUT2D eigenvalue weighted by molar-refractivity contribution is 0.265. The van der Waals surface area contributed by atoms with Crippen LogP contribution in [-0.2, 0) is 12.8 Å². The van der Waals surface area contributed by atoms with Crippen LogP contribution >= 0.6 is 11.3 Å². The zero-order valence-corrected chi connectivity index (χ0v) is 12.6. The van der Waals surface area contributed by atoms with Crippen molar-refractivity contribution in [1.82, 2.24) is 9.88 Å². The molecule has 0 amide bonds. The molecule has 19 heavy (non-hydrogen) atoms. The standard InChI is InChI=1S/C14H24N4S/c1-11-2-3-12-13(10-11)19-14(16-12)18-8-6-17(5-4-15)7-9-18/h11H,2-10,15H2,1H3. The first-order valence-electron chi connectivity index (χ1n) is 7.42. The molecular weight excluding hydrogens is 256 g/mol. The number of aryl methyl sites for hydroxylation is 1. The van der Waals surface area contributed by atoms with Gasteiger partial charge in [0.2, 0.25) is 0 Å². The van der Waals surface area contributed by atoms with Crippen molar-refractivity contribution >= 4 is 16.5 Å². The third-order valence-electron chi connectivity index (χ3n) is 4.26. The summed E-state index contributed by atoms with van der Waals surface area (Å²) in [6.45, 7) is 8.59. The minimum absolute atomic E-state index is 0.767. The summed E-state index contributed by atoms with van der Waals surface area (Å²) in [5.74, 6) is 0.835. The Morgan fingerprint density at radius 1 is 1.32 bits per heavy atom. The van der Waals surface area contributed by atoms with Gasteiger partial charge in [-0.25, -0.2) is 4.98 Å². The Morgan fingerprint density at radius 2 is 2.11 bits per heavy atom. The molecule has 0 radical (unpaired) electrons. The number of aromatic nitrogens is 1. The number of thiazole rings is 1. The number of hydrogen-bond acceptors (Lipinski definition) is 5. The predicted octanol–water partition coefficient (Wildman–Crippen LogP) is 1.35. The number of hydrogen-bond donors (Lipinski definition) is 1. The van der Waals surface area contributed by atoms with Gasteiger partial charge < -0.3 is 10.6 Å². The minimum atomic E-state index is 0.767. The first kappa shape index (κ1) is 13.3. The Kier molecular flexibility index (Phi) is 4.05. The molecule has 1 aromatic rings. The summed E-state index contributed by atoms with van der Waals surface area (Å²) in [5.41, 5.74) is 7.00. The Morgan fingerprint density at radius 3 is 2.84 bits per heavy atom. The van der Waals surface area contributed by atoms with Gasteiger partial charge in [0.25, 0.3) is 0 Å². The van der Waals surface area contributed by atoms with Gasteiger partial charge in [-0.2, -0.15) is 0 Å². The van der Waals surface area contributed by atoms with Crippen molar-refractivity contribution in [2.75, 3.05) is 44.2 Å². The highest BCUT2D eigenvalue weighted by Crippen LogP contribution is 2.34. The fourth-order valence-electron chi connectivity index (χ4n) is 3.01. The van der Waals surface area contributed by atoms with Crippen LogP contribution in [0.1, 0.15) is 23.9 Å². The number of anilines is 1. The quantitative estimate of drug-likeness (QED) is 0.908. The van der Waals surface area contributed by atoms with E-state index in [1.165, 1.54) is 35.0 Å². The number of nitrogens with two attached hydrogens (primary N) is 1. The van der Waals surface area contributed by atoms with Crippen LogP contribution in [0.5, 0.6) is 0 Å². The summed E-state index contributed by atoms with van der Waals surface area (Å²) in [7, 11) is 0. The van der Waals surface area contributed by atoms with Gasteiger partial charge in [-0.15, -0.1) is 11.3 Å². The van der Waals surface area contributed by atoms with Crippen LogP contribution in [0, 0.1) is 5.92 Å². The average Bonchev–Trinajstić information content (AvgIpc) is 2.83. The van der Waals surface area contributed by atoms with Crippen molar-refractivity contribution in [3.63, 3.8) is 0 Å². The van der Waals surface area contributed by atoms with E-state index >= 15 is 0 Å². The maximum atomic E-state index is 5.62. The van der Waals surface area contributed by atoms with Crippen molar-refractivity contribution in [1.29, 1.82) is 0 Å². The topological polar surface area (TPSA) is 45.4 Å². The van der Waals surface area contributed by atoms with Gasteiger partial charge in [-0.3, -0.25) is 4.90 Å². The SMILES string of the molecule is CC1CCc2nc(N3CCN(CCN)CC3)sc2C1. The first-order chi connectivity index (χ1) is 9.26. The van der Waals surface area contributed by atoms with Crippen LogP contribution in [-0.4, -0.2) is 49.2 Å². The normalized spacial score (nSPS) is 24.5. The van der Waals surface area contributed by atoms with Gasteiger partial charge in [-0.05, 0) is 25.2 Å². The summed E-state index contributed by atoms with van der Waals surface area (Å²) < 4.78 is 0. The van der Waals surface area contributed by atoms with Gasteiger partial charge in [-0.1, -0.05) is 6.92 Å². The summed E-state index contributed by atoms with van der Waals surface area (Å²) in [5, 5.41) is 1.26. The van der Waals surface area contributed by atoms with Crippen LogP contribution < -0.4 is 10.6 Å². The second kappa shape index (κ2) is 5.77. The van der Waals surface area contributed by atoms with Gasteiger partial charge in [0.1, 0.15) is 0 Å². The fraction of sp³-hybridized carbons (Fsp3) is 0.786. The first-order valence-corrected chi connectivity index (χ1v) is 8.24. The third kappa shape index (κ3) is 2.93. The van der Waals surface area contributed by atoms with Crippen molar-refractivity contribution in [3.05, 3.63) is 10.6 Å². The zero-order valence-electron chi connectivity index (χ0n) is 11.8.